The van der Waals surface area contributed by atoms with Gasteiger partial charge < -0.3 is 10.6 Å². The van der Waals surface area contributed by atoms with Crippen LogP contribution in [-0.2, 0) is 0 Å². The van der Waals surface area contributed by atoms with Crippen LogP contribution in [0.5, 0.6) is 0 Å². The highest BCUT2D eigenvalue weighted by molar-refractivity contribution is 6.35. The maximum absolute atomic E-state index is 6.31. The summed E-state index contributed by atoms with van der Waals surface area (Å²) in [6.45, 7) is 0.585. The van der Waals surface area contributed by atoms with Crippen LogP contribution in [0.15, 0.2) is 53.5 Å². The van der Waals surface area contributed by atoms with Gasteiger partial charge in [-0.25, -0.2) is 0 Å². The smallest absolute Gasteiger partial charge is 0.196 e. The summed E-state index contributed by atoms with van der Waals surface area (Å²) in [5.41, 5.74) is 8.00. The minimum Gasteiger partial charge on any atom is -0.369 e. The molecule has 0 amide bonds. The Morgan fingerprint density at radius 1 is 1.10 bits per heavy atom. The Hall–Kier alpha value is -1.71. The molecular weight excluding hydrogens is 293 g/mol. The van der Waals surface area contributed by atoms with Crippen LogP contribution in [-0.4, -0.2) is 12.5 Å². The first kappa shape index (κ1) is 13.3. The number of halogens is 2. The molecule has 1 aliphatic heterocycles. The van der Waals surface area contributed by atoms with Gasteiger partial charge in [0.25, 0.3) is 0 Å². The lowest BCUT2D eigenvalue weighted by Gasteiger charge is -2.27. The summed E-state index contributed by atoms with van der Waals surface area (Å²) in [5, 5.41) is 1.25. The monoisotopic (exact) mass is 305 g/mol. The second kappa shape index (κ2) is 5.35. The number of anilines is 1. The summed E-state index contributed by atoms with van der Waals surface area (Å²) in [6, 6.07) is 15.4. The zero-order valence-electron chi connectivity index (χ0n) is 10.6. The Kier molecular flexibility index (Phi) is 3.55. The van der Waals surface area contributed by atoms with Crippen molar-refractivity contribution in [3.63, 3.8) is 0 Å². The molecule has 0 saturated carbocycles. The van der Waals surface area contributed by atoms with Crippen LogP contribution < -0.4 is 10.6 Å². The summed E-state index contributed by atoms with van der Waals surface area (Å²) >= 11 is 12.3. The minimum atomic E-state index is 0.00201. The molecule has 20 heavy (non-hydrogen) atoms. The van der Waals surface area contributed by atoms with E-state index >= 15 is 0 Å². The van der Waals surface area contributed by atoms with Crippen LogP contribution in [0, 0.1) is 0 Å². The Morgan fingerprint density at radius 2 is 1.85 bits per heavy atom. The lowest BCUT2D eigenvalue weighted by Crippen LogP contribution is -2.36. The number of hydrogen-bond donors (Lipinski definition) is 1. The second-order valence-corrected chi connectivity index (χ2v) is 5.43. The molecule has 1 atom stereocenters. The van der Waals surface area contributed by atoms with Crippen LogP contribution in [0.3, 0.4) is 0 Å². The molecule has 0 bridgehead atoms. The molecule has 0 aromatic heterocycles. The third-order valence-electron chi connectivity index (χ3n) is 3.34. The molecule has 2 N–H and O–H groups in total. The van der Waals surface area contributed by atoms with E-state index in [2.05, 4.69) is 4.99 Å². The van der Waals surface area contributed by atoms with Crippen LogP contribution in [0.2, 0.25) is 10.0 Å². The maximum atomic E-state index is 6.31. The van der Waals surface area contributed by atoms with E-state index in [9.17, 15) is 0 Å². The van der Waals surface area contributed by atoms with Gasteiger partial charge in [0.05, 0.1) is 12.6 Å². The first-order chi connectivity index (χ1) is 9.66. The first-order valence-corrected chi connectivity index (χ1v) is 7.01. The number of benzene rings is 2. The normalized spacial score (nSPS) is 18.2. The van der Waals surface area contributed by atoms with E-state index < -0.39 is 0 Å². The van der Waals surface area contributed by atoms with Gasteiger partial charge in [-0.15, -0.1) is 0 Å². The van der Waals surface area contributed by atoms with Crippen molar-refractivity contribution in [2.75, 3.05) is 11.4 Å². The Labute approximate surface area is 127 Å². The van der Waals surface area contributed by atoms with E-state index in [1.54, 1.807) is 6.07 Å². The minimum absolute atomic E-state index is 0.00201. The number of para-hydroxylation sites is 1. The number of nitrogens with two attached hydrogens (primary N) is 1. The molecule has 3 nitrogen and oxygen atoms in total. The van der Waals surface area contributed by atoms with Gasteiger partial charge in [0.15, 0.2) is 5.96 Å². The van der Waals surface area contributed by atoms with E-state index in [4.69, 9.17) is 28.9 Å². The number of rotatable bonds is 2. The van der Waals surface area contributed by atoms with E-state index in [-0.39, 0.29) is 6.04 Å². The quantitative estimate of drug-likeness (QED) is 0.915. The molecule has 2 aromatic rings. The second-order valence-electron chi connectivity index (χ2n) is 4.59. The molecule has 0 spiro atoms. The van der Waals surface area contributed by atoms with Gasteiger partial charge in [-0.1, -0.05) is 47.5 Å². The summed E-state index contributed by atoms with van der Waals surface area (Å²) in [6.07, 6.45) is 0. The summed E-state index contributed by atoms with van der Waals surface area (Å²) in [4.78, 5) is 6.34. The molecule has 1 unspecified atom stereocenters. The Morgan fingerprint density at radius 3 is 2.55 bits per heavy atom. The predicted molar refractivity (Wildman–Crippen MR) is 84.6 cm³/mol. The molecule has 0 saturated heterocycles. The molecule has 1 heterocycles. The van der Waals surface area contributed by atoms with Crippen molar-refractivity contribution in [2.45, 2.75) is 6.04 Å². The average Bonchev–Trinajstić information content (AvgIpc) is 2.81. The average molecular weight is 306 g/mol. The van der Waals surface area contributed by atoms with Gasteiger partial charge >= 0.3 is 0 Å². The van der Waals surface area contributed by atoms with E-state index in [0.717, 1.165) is 11.3 Å². The first-order valence-electron chi connectivity index (χ1n) is 6.26. The van der Waals surface area contributed by atoms with Gasteiger partial charge in [-0.3, -0.25) is 4.99 Å². The van der Waals surface area contributed by atoms with Gasteiger partial charge in [-0.05, 0) is 29.8 Å². The molecule has 5 heteroatoms. The zero-order chi connectivity index (χ0) is 14.1. The molecule has 1 aliphatic rings. The molecule has 3 rings (SSSR count). The number of guanidine groups is 1. The SMILES string of the molecule is NC1=NCC(c2ccc(Cl)cc2Cl)N1c1ccccc1. The van der Waals surface area contributed by atoms with Crippen molar-refractivity contribution in [3.8, 4) is 0 Å². The molecule has 0 aliphatic carbocycles. The van der Waals surface area contributed by atoms with Crippen molar-refractivity contribution in [3.05, 3.63) is 64.1 Å². The largest absolute Gasteiger partial charge is 0.369 e. The fourth-order valence-electron chi connectivity index (χ4n) is 2.41. The summed E-state index contributed by atoms with van der Waals surface area (Å²) < 4.78 is 0. The van der Waals surface area contributed by atoms with Crippen LogP contribution in [0.4, 0.5) is 5.69 Å². The molecule has 102 valence electrons. The van der Waals surface area contributed by atoms with Crippen molar-refractivity contribution in [1.29, 1.82) is 0 Å². The molecule has 0 radical (unpaired) electrons. The van der Waals surface area contributed by atoms with Gasteiger partial charge in [0.1, 0.15) is 0 Å². The lowest BCUT2D eigenvalue weighted by molar-refractivity contribution is 0.769. The van der Waals surface area contributed by atoms with Gasteiger partial charge in [0.2, 0.25) is 0 Å². The predicted octanol–water partition coefficient (Wildman–Crippen LogP) is 3.87. The van der Waals surface area contributed by atoms with Crippen molar-refractivity contribution >= 4 is 34.8 Å². The highest BCUT2D eigenvalue weighted by Gasteiger charge is 2.30. The van der Waals surface area contributed by atoms with Crippen molar-refractivity contribution < 1.29 is 0 Å². The van der Waals surface area contributed by atoms with Crippen LogP contribution in [0.1, 0.15) is 11.6 Å². The third kappa shape index (κ3) is 2.35. The van der Waals surface area contributed by atoms with Crippen LogP contribution in [0.25, 0.3) is 0 Å². The molecule has 2 aromatic carbocycles. The van der Waals surface area contributed by atoms with Crippen LogP contribution >= 0.6 is 23.2 Å². The number of hydrogen-bond acceptors (Lipinski definition) is 3. The summed E-state index contributed by atoms with van der Waals surface area (Å²) in [5.74, 6) is 0.507. The van der Waals surface area contributed by atoms with Crippen molar-refractivity contribution in [2.24, 2.45) is 10.7 Å². The lowest BCUT2D eigenvalue weighted by atomic mass is 10.1. The Bertz CT molecular complexity index is 655. The van der Waals surface area contributed by atoms with Crippen molar-refractivity contribution in [1.82, 2.24) is 0 Å². The topological polar surface area (TPSA) is 41.6 Å². The van der Waals surface area contributed by atoms with E-state index in [1.807, 2.05) is 47.4 Å². The fourth-order valence-corrected chi connectivity index (χ4v) is 2.94. The standard InChI is InChI=1S/C15H13Cl2N3/c16-10-6-7-12(13(17)8-10)14-9-19-15(18)20(14)11-4-2-1-3-5-11/h1-8,14H,9H2,(H2,18,19). The maximum Gasteiger partial charge on any atom is 0.196 e. The van der Waals surface area contributed by atoms with Gasteiger partial charge in [0, 0.05) is 15.7 Å². The van der Waals surface area contributed by atoms with E-state index in [1.165, 1.54) is 0 Å². The molecular formula is C15H13Cl2N3. The highest BCUT2D eigenvalue weighted by Crippen LogP contribution is 2.35. The highest BCUT2D eigenvalue weighted by atomic mass is 35.5. The zero-order valence-corrected chi connectivity index (χ0v) is 12.1. The third-order valence-corrected chi connectivity index (χ3v) is 3.90. The Balaban J connectivity index is 2.01. The molecule has 0 fully saturated rings. The summed E-state index contributed by atoms with van der Waals surface area (Å²) in [7, 11) is 0. The van der Waals surface area contributed by atoms with Gasteiger partial charge in [-0.2, -0.15) is 0 Å². The number of aliphatic imine (C=N–C) groups is 1. The van der Waals surface area contributed by atoms with E-state index in [0.29, 0.717) is 22.5 Å². The number of nitrogens with zero attached hydrogens (tertiary/aromatic N) is 2. The fraction of sp³-hybridized carbons (Fsp3) is 0.133.